The number of ether oxygens (including phenoxy) is 1. The zero-order valence-corrected chi connectivity index (χ0v) is 13.6. The number of fused-ring (bicyclic) bond motifs is 1. The highest BCUT2D eigenvalue weighted by atomic mass is 32.2. The second-order valence-electron chi connectivity index (χ2n) is 5.00. The van der Waals surface area contributed by atoms with Gasteiger partial charge in [0.2, 0.25) is 0 Å². The number of halogens is 2. The van der Waals surface area contributed by atoms with Gasteiger partial charge in [0.25, 0.3) is 5.56 Å². The number of anilines is 1. The number of methoxy groups -OCH3 is 1. The molecule has 0 spiro atoms. The van der Waals surface area contributed by atoms with Gasteiger partial charge in [-0.15, -0.1) is 3.89 Å². The summed E-state index contributed by atoms with van der Waals surface area (Å²) in [5, 5.41) is 0. The van der Waals surface area contributed by atoms with Crippen molar-refractivity contribution < 1.29 is 17.8 Å². The molecule has 0 aliphatic carbocycles. The standard InChI is InChI=1S/C16H11F2N3O3S/c1-24-16(23)9-5-2-4-8(12(9)17)13-15(22)21(25-18)11-7-3-6-10(19)14(11)20-13/h2-7H,19H2,1H3. The summed E-state index contributed by atoms with van der Waals surface area (Å²) >= 11 is -0.342. The third-order valence-electron chi connectivity index (χ3n) is 3.60. The molecule has 0 aliphatic rings. The molecule has 0 unspecified atom stereocenters. The Balaban J connectivity index is 2.38. The van der Waals surface area contributed by atoms with Crippen molar-refractivity contribution in [3.8, 4) is 11.3 Å². The number of carbonyl (C=O) groups excluding carboxylic acids is 1. The number of hydrogen-bond acceptors (Lipinski definition) is 6. The maximum absolute atomic E-state index is 14.7. The number of nitrogen functional groups attached to an aromatic ring is 1. The van der Waals surface area contributed by atoms with Crippen LogP contribution in [0.15, 0.2) is 41.2 Å². The van der Waals surface area contributed by atoms with Crippen LogP contribution in [0, 0.1) is 5.82 Å². The largest absolute Gasteiger partial charge is 0.465 e. The molecular weight excluding hydrogens is 352 g/mol. The second-order valence-corrected chi connectivity index (χ2v) is 5.51. The lowest BCUT2D eigenvalue weighted by atomic mass is 10.1. The highest BCUT2D eigenvalue weighted by Crippen LogP contribution is 2.27. The van der Waals surface area contributed by atoms with Gasteiger partial charge >= 0.3 is 5.97 Å². The fraction of sp³-hybridized carbons (Fsp3) is 0.0625. The average molecular weight is 363 g/mol. The van der Waals surface area contributed by atoms with E-state index in [-0.39, 0.29) is 45.9 Å². The molecule has 128 valence electrons. The molecule has 0 amide bonds. The van der Waals surface area contributed by atoms with Crippen LogP contribution in [0.2, 0.25) is 0 Å². The first-order chi connectivity index (χ1) is 12.0. The summed E-state index contributed by atoms with van der Waals surface area (Å²) in [4.78, 5) is 28.3. The first-order valence-corrected chi connectivity index (χ1v) is 7.64. The molecule has 9 heteroatoms. The normalized spacial score (nSPS) is 10.8. The smallest absolute Gasteiger partial charge is 0.340 e. The number of rotatable bonds is 3. The van der Waals surface area contributed by atoms with Crippen molar-refractivity contribution in [2.75, 3.05) is 12.8 Å². The SMILES string of the molecule is COC(=O)c1cccc(-c2nc3c(N)cccc3n(SF)c2=O)c1F. The Labute approximate surface area is 144 Å². The van der Waals surface area contributed by atoms with Crippen LogP contribution in [0.3, 0.4) is 0 Å². The van der Waals surface area contributed by atoms with E-state index in [9.17, 15) is 17.9 Å². The molecule has 3 aromatic rings. The number of para-hydroxylation sites is 1. The topological polar surface area (TPSA) is 87.2 Å². The van der Waals surface area contributed by atoms with Crippen LogP contribution in [0.5, 0.6) is 0 Å². The van der Waals surface area contributed by atoms with Crippen LogP contribution in [-0.4, -0.2) is 22.0 Å². The van der Waals surface area contributed by atoms with E-state index in [2.05, 4.69) is 9.72 Å². The molecule has 0 atom stereocenters. The third-order valence-corrected chi connectivity index (χ3v) is 4.10. The highest BCUT2D eigenvalue weighted by Gasteiger charge is 2.21. The van der Waals surface area contributed by atoms with Crippen molar-refractivity contribution in [2.45, 2.75) is 0 Å². The molecule has 3 rings (SSSR count). The Hall–Kier alpha value is -2.94. The monoisotopic (exact) mass is 363 g/mol. The summed E-state index contributed by atoms with van der Waals surface area (Å²) in [6, 6.07) is 8.39. The number of carbonyl (C=O) groups is 1. The Morgan fingerprint density at radius 3 is 2.68 bits per heavy atom. The summed E-state index contributed by atoms with van der Waals surface area (Å²) in [5.41, 5.74) is 4.50. The lowest BCUT2D eigenvalue weighted by molar-refractivity contribution is 0.0595. The molecule has 0 fully saturated rings. The van der Waals surface area contributed by atoms with Gasteiger partial charge < -0.3 is 10.5 Å². The molecule has 0 saturated heterocycles. The highest BCUT2D eigenvalue weighted by molar-refractivity contribution is 7.92. The van der Waals surface area contributed by atoms with Gasteiger partial charge in [-0.2, -0.15) is 0 Å². The summed E-state index contributed by atoms with van der Waals surface area (Å²) in [5.74, 6) is -1.89. The van der Waals surface area contributed by atoms with Gasteiger partial charge in [-0.05, 0) is 24.3 Å². The number of esters is 1. The minimum atomic E-state index is -0.983. The summed E-state index contributed by atoms with van der Waals surface area (Å²) in [6.45, 7) is 0. The number of benzene rings is 2. The Morgan fingerprint density at radius 2 is 2.00 bits per heavy atom. The first-order valence-electron chi connectivity index (χ1n) is 6.97. The molecule has 1 aromatic heterocycles. The summed E-state index contributed by atoms with van der Waals surface area (Å²) < 4.78 is 33.3. The minimum absolute atomic E-state index is 0.144. The maximum Gasteiger partial charge on any atom is 0.340 e. The van der Waals surface area contributed by atoms with Crippen molar-refractivity contribution in [1.82, 2.24) is 8.96 Å². The van der Waals surface area contributed by atoms with E-state index in [0.29, 0.717) is 0 Å². The predicted octanol–water partition coefficient (Wildman–Crippen LogP) is 2.95. The zero-order chi connectivity index (χ0) is 18.1. The second kappa shape index (κ2) is 6.52. The lowest BCUT2D eigenvalue weighted by Gasteiger charge is -2.11. The van der Waals surface area contributed by atoms with Crippen LogP contribution < -0.4 is 11.3 Å². The number of nitrogens with zero attached hydrogens (tertiary/aromatic N) is 2. The minimum Gasteiger partial charge on any atom is -0.465 e. The average Bonchev–Trinajstić information content (AvgIpc) is 2.61. The predicted molar refractivity (Wildman–Crippen MR) is 91.2 cm³/mol. The molecule has 0 aliphatic heterocycles. The molecule has 2 aromatic carbocycles. The van der Waals surface area contributed by atoms with Crippen LogP contribution in [0.4, 0.5) is 14.0 Å². The Bertz CT molecular complexity index is 1050. The number of nitrogens with two attached hydrogens (primary N) is 1. The van der Waals surface area contributed by atoms with Crippen molar-refractivity contribution in [3.63, 3.8) is 0 Å². The third kappa shape index (κ3) is 2.72. The fourth-order valence-corrected chi connectivity index (χ4v) is 2.80. The van der Waals surface area contributed by atoms with Gasteiger partial charge in [0.1, 0.15) is 17.0 Å². The number of hydrogen-bond donors (Lipinski definition) is 1. The van der Waals surface area contributed by atoms with E-state index in [1.54, 1.807) is 6.07 Å². The van der Waals surface area contributed by atoms with Crippen molar-refractivity contribution in [3.05, 3.63) is 58.1 Å². The van der Waals surface area contributed by atoms with Crippen LogP contribution in [-0.2, 0) is 4.74 Å². The fourth-order valence-electron chi connectivity index (χ4n) is 2.43. The van der Waals surface area contributed by atoms with Crippen molar-refractivity contribution in [1.29, 1.82) is 0 Å². The molecule has 25 heavy (non-hydrogen) atoms. The van der Waals surface area contributed by atoms with Gasteiger partial charge in [0.05, 0.1) is 23.9 Å². The van der Waals surface area contributed by atoms with Crippen LogP contribution >= 0.6 is 12.3 Å². The van der Waals surface area contributed by atoms with E-state index in [4.69, 9.17) is 5.73 Å². The lowest BCUT2D eigenvalue weighted by Crippen LogP contribution is -2.20. The van der Waals surface area contributed by atoms with Crippen LogP contribution in [0.25, 0.3) is 22.3 Å². The molecule has 0 radical (unpaired) electrons. The zero-order valence-electron chi connectivity index (χ0n) is 12.8. The molecule has 6 nitrogen and oxygen atoms in total. The van der Waals surface area contributed by atoms with E-state index >= 15 is 0 Å². The molecular formula is C16H11F2N3O3S. The molecule has 2 N–H and O–H groups in total. The van der Waals surface area contributed by atoms with Gasteiger partial charge in [-0.25, -0.2) is 18.1 Å². The number of aromatic nitrogens is 2. The quantitative estimate of drug-likeness (QED) is 0.569. The van der Waals surface area contributed by atoms with Gasteiger partial charge in [-0.3, -0.25) is 4.79 Å². The Kier molecular flexibility index (Phi) is 4.41. The molecule has 0 bridgehead atoms. The van der Waals surface area contributed by atoms with Gasteiger partial charge in [0.15, 0.2) is 12.3 Å². The van der Waals surface area contributed by atoms with Crippen LogP contribution in [0.1, 0.15) is 10.4 Å². The van der Waals surface area contributed by atoms with E-state index in [0.717, 1.165) is 11.1 Å². The van der Waals surface area contributed by atoms with Gasteiger partial charge in [0, 0.05) is 5.56 Å². The molecule has 0 saturated carbocycles. The van der Waals surface area contributed by atoms with E-state index in [1.807, 2.05) is 0 Å². The van der Waals surface area contributed by atoms with E-state index in [1.165, 1.54) is 30.3 Å². The van der Waals surface area contributed by atoms with Gasteiger partial charge in [-0.1, -0.05) is 12.1 Å². The summed E-state index contributed by atoms with van der Waals surface area (Å²) in [7, 11) is 1.11. The molecule has 1 heterocycles. The Morgan fingerprint density at radius 1 is 1.28 bits per heavy atom. The summed E-state index contributed by atoms with van der Waals surface area (Å²) in [6.07, 6.45) is 0. The maximum atomic E-state index is 14.7. The van der Waals surface area contributed by atoms with Crippen molar-refractivity contribution >= 4 is 35.0 Å². The first kappa shape index (κ1) is 16.9. The van der Waals surface area contributed by atoms with Crippen molar-refractivity contribution in [2.24, 2.45) is 0 Å². The van der Waals surface area contributed by atoms with E-state index < -0.39 is 17.3 Å².